The first-order chi connectivity index (χ1) is 32.4. The summed E-state index contributed by atoms with van der Waals surface area (Å²) in [6, 6.07) is 65.2. The molecule has 3 heterocycles. The summed E-state index contributed by atoms with van der Waals surface area (Å²) in [4.78, 5) is 15.2. The fraction of sp³-hybridized carbons (Fsp3) is 0. The van der Waals surface area contributed by atoms with Crippen molar-refractivity contribution in [3.05, 3.63) is 218 Å². The summed E-state index contributed by atoms with van der Waals surface area (Å²) in [5.41, 5.74) is 10.7. The molecule has 0 saturated heterocycles. The van der Waals surface area contributed by atoms with Crippen molar-refractivity contribution in [1.29, 1.82) is 0 Å². The molecule has 0 saturated carbocycles. The van der Waals surface area contributed by atoms with Crippen molar-refractivity contribution >= 4 is 53.3 Å². The predicted molar refractivity (Wildman–Crippen MR) is 260 cm³/mol. The normalized spacial score (nSPS) is 12.5. The lowest BCUT2D eigenvalue weighted by atomic mass is 9.93. The molecule has 0 radical (unpaired) electrons. The summed E-state index contributed by atoms with van der Waals surface area (Å²) in [5, 5.41) is 3.70. The molecule has 62 heavy (non-hydrogen) atoms. The first kappa shape index (κ1) is 31.9. The Balaban J connectivity index is 0.986. The topological polar surface area (TPSA) is 43.6 Å². The summed E-state index contributed by atoms with van der Waals surface area (Å²) < 4.78 is 40.2. The highest BCUT2D eigenvalue weighted by Crippen LogP contribution is 2.42. The highest BCUT2D eigenvalue weighted by atomic mass is 32.1. The van der Waals surface area contributed by atoms with E-state index in [0.717, 1.165) is 66.7 Å². The van der Waals surface area contributed by atoms with Crippen LogP contribution in [0.3, 0.4) is 0 Å². The van der Waals surface area contributed by atoms with Gasteiger partial charge in [0.1, 0.15) is 0 Å². The largest absolute Gasteiger partial charge is 0.309 e. The lowest BCUT2D eigenvalue weighted by Crippen LogP contribution is -2.00. The Kier molecular flexibility index (Phi) is 7.67. The van der Waals surface area contributed by atoms with Gasteiger partial charge >= 0.3 is 0 Å². The lowest BCUT2D eigenvalue weighted by molar-refractivity contribution is 1.07. The second-order valence-corrected chi connectivity index (χ2v) is 16.4. The Labute approximate surface area is 368 Å². The number of benzene rings is 9. The Hall–Kier alpha value is -7.99. The highest BCUT2D eigenvalue weighted by Gasteiger charge is 2.19. The molecule has 5 heteroatoms. The van der Waals surface area contributed by atoms with Gasteiger partial charge in [-0.15, -0.1) is 11.3 Å². The Bertz CT molecular complexity index is 3870. The second kappa shape index (κ2) is 14.9. The number of hydrogen-bond acceptors (Lipinski definition) is 4. The molecule has 0 spiro atoms. The second-order valence-electron chi connectivity index (χ2n) is 15.3. The van der Waals surface area contributed by atoms with Crippen LogP contribution in [0, 0.1) is 0 Å². The zero-order valence-corrected chi connectivity index (χ0v) is 34.0. The van der Waals surface area contributed by atoms with E-state index >= 15 is 0 Å². The van der Waals surface area contributed by atoms with Crippen LogP contribution in [-0.2, 0) is 0 Å². The summed E-state index contributed by atoms with van der Waals surface area (Å²) in [6.07, 6.45) is 0. The molecule has 0 aliphatic carbocycles. The number of aromatic nitrogens is 4. The molecule has 9 aromatic carbocycles. The molecular weight excluding hydrogens is 773 g/mol. The molecule has 0 aliphatic heterocycles. The van der Waals surface area contributed by atoms with Crippen molar-refractivity contribution in [2.24, 2.45) is 0 Å². The first-order valence-corrected chi connectivity index (χ1v) is 21.3. The van der Waals surface area contributed by atoms with Crippen LogP contribution in [0.2, 0.25) is 0 Å². The average Bonchev–Trinajstić information content (AvgIpc) is 3.94. The molecule has 0 unspecified atom stereocenters. The molecule has 0 bridgehead atoms. The van der Waals surface area contributed by atoms with Crippen LogP contribution in [0.15, 0.2) is 218 Å². The maximum Gasteiger partial charge on any atom is 0.164 e. The Morgan fingerprint density at radius 2 is 0.935 bits per heavy atom. The fourth-order valence-electron chi connectivity index (χ4n) is 8.69. The number of nitrogens with zero attached hydrogens (tertiary/aromatic N) is 4. The Morgan fingerprint density at radius 1 is 0.371 bits per heavy atom. The van der Waals surface area contributed by atoms with Crippen LogP contribution in [0.1, 0.15) is 5.48 Å². The van der Waals surface area contributed by atoms with Crippen LogP contribution < -0.4 is 0 Å². The number of thiophene rings is 1. The van der Waals surface area contributed by atoms with Crippen molar-refractivity contribution in [1.82, 2.24) is 19.5 Å². The molecule has 0 amide bonds. The van der Waals surface area contributed by atoms with Crippen LogP contribution in [0.5, 0.6) is 0 Å². The van der Waals surface area contributed by atoms with Crippen molar-refractivity contribution in [2.75, 3.05) is 0 Å². The van der Waals surface area contributed by atoms with Crippen LogP contribution >= 0.6 is 11.3 Å². The molecule has 0 aliphatic rings. The number of fused-ring (bicyclic) bond motifs is 6. The van der Waals surface area contributed by atoms with Gasteiger partial charge in [0, 0.05) is 58.9 Å². The predicted octanol–water partition coefficient (Wildman–Crippen LogP) is 15.3. The van der Waals surface area contributed by atoms with Crippen molar-refractivity contribution in [3.63, 3.8) is 0 Å². The van der Waals surface area contributed by atoms with E-state index in [2.05, 4.69) is 97.1 Å². The highest BCUT2D eigenvalue weighted by molar-refractivity contribution is 7.25. The first-order valence-electron chi connectivity index (χ1n) is 22.5. The molecule has 0 atom stereocenters. The molecule has 12 aromatic rings. The standard InChI is InChI=1S/C57H36N4S/c1-3-15-38(16-4-1)44-21-7-8-22-45(44)49-25-14-26-50-46-23-9-11-27-51(46)61(54(49)50)43-32-29-37(30-33-43)40-19-13-20-41(35-40)56-58-55(39-17-5-2-6-18-39)59-57(60-56)42-31-34-48-47-24-10-12-28-52(47)62-53(48)36-42/h1-36H/i9D,11D,23D,27D. The van der Waals surface area contributed by atoms with Gasteiger partial charge in [0.05, 0.1) is 16.5 Å². The van der Waals surface area contributed by atoms with E-state index in [1.54, 1.807) is 11.3 Å². The van der Waals surface area contributed by atoms with Crippen LogP contribution in [0.4, 0.5) is 0 Å². The Morgan fingerprint density at radius 3 is 1.74 bits per heavy atom. The van der Waals surface area contributed by atoms with E-state index in [0.29, 0.717) is 28.4 Å². The van der Waals surface area contributed by atoms with Gasteiger partial charge in [-0.05, 0) is 64.2 Å². The number of hydrogen-bond donors (Lipinski definition) is 0. The van der Waals surface area contributed by atoms with Gasteiger partial charge in [-0.2, -0.15) is 0 Å². The van der Waals surface area contributed by atoms with E-state index in [4.69, 9.17) is 19.1 Å². The molecule has 3 aromatic heterocycles. The summed E-state index contributed by atoms with van der Waals surface area (Å²) in [6.45, 7) is 0. The minimum absolute atomic E-state index is 0.0609. The van der Waals surface area contributed by atoms with E-state index in [9.17, 15) is 1.37 Å². The smallest absolute Gasteiger partial charge is 0.164 e. The molecule has 0 N–H and O–H groups in total. The van der Waals surface area contributed by atoms with E-state index in [1.165, 1.54) is 20.2 Å². The van der Waals surface area contributed by atoms with Gasteiger partial charge in [-0.1, -0.05) is 182 Å². The number of rotatable bonds is 7. The molecule has 0 fully saturated rings. The summed E-state index contributed by atoms with van der Waals surface area (Å²) in [5.74, 6) is 1.76. The average molecular weight is 813 g/mol. The lowest BCUT2D eigenvalue weighted by Gasteiger charge is -2.15. The third-order valence-electron chi connectivity index (χ3n) is 11.6. The van der Waals surface area contributed by atoms with Gasteiger partial charge in [0.2, 0.25) is 0 Å². The summed E-state index contributed by atoms with van der Waals surface area (Å²) in [7, 11) is 0. The van der Waals surface area contributed by atoms with E-state index in [1.807, 2.05) is 102 Å². The maximum atomic E-state index is 9.25. The van der Waals surface area contributed by atoms with E-state index < -0.39 is 0 Å². The third-order valence-corrected chi connectivity index (χ3v) is 12.7. The van der Waals surface area contributed by atoms with Gasteiger partial charge < -0.3 is 4.57 Å². The zero-order chi connectivity index (χ0) is 44.5. The molecular formula is C57H36N4S. The van der Waals surface area contributed by atoms with Gasteiger partial charge in [0.25, 0.3) is 0 Å². The van der Waals surface area contributed by atoms with Crippen molar-refractivity contribution in [3.8, 4) is 73.2 Å². The molecule has 290 valence electrons. The monoisotopic (exact) mass is 812 g/mol. The zero-order valence-electron chi connectivity index (χ0n) is 37.2. The SMILES string of the molecule is [2H]c1c([2H])c([2H])c2c(c1[2H])c1cccc(-c3ccccc3-c3ccccc3)c1n2-c1ccc(-c2cccc(-c3nc(-c4ccccc4)nc(-c4ccc5c(c4)sc4ccccc45)n3)c2)cc1. The van der Waals surface area contributed by atoms with E-state index in [-0.39, 0.29) is 24.2 Å². The van der Waals surface area contributed by atoms with Gasteiger partial charge in [0.15, 0.2) is 17.5 Å². The molecule has 12 rings (SSSR count). The van der Waals surface area contributed by atoms with Gasteiger partial charge in [-0.25, -0.2) is 15.0 Å². The van der Waals surface area contributed by atoms with Crippen LogP contribution in [-0.4, -0.2) is 19.5 Å². The maximum absolute atomic E-state index is 9.25. The third kappa shape index (κ3) is 6.18. The van der Waals surface area contributed by atoms with Crippen molar-refractivity contribution < 1.29 is 5.48 Å². The minimum Gasteiger partial charge on any atom is -0.309 e. The van der Waals surface area contributed by atoms with Crippen molar-refractivity contribution in [2.45, 2.75) is 0 Å². The quantitative estimate of drug-likeness (QED) is 0.161. The number of para-hydroxylation sites is 2. The molecule has 4 nitrogen and oxygen atoms in total. The minimum atomic E-state index is -0.270. The summed E-state index contributed by atoms with van der Waals surface area (Å²) >= 11 is 1.77. The van der Waals surface area contributed by atoms with Crippen LogP contribution in [0.25, 0.3) is 115 Å². The van der Waals surface area contributed by atoms with Gasteiger partial charge in [-0.3, -0.25) is 0 Å². The fourth-order valence-corrected chi connectivity index (χ4v) is 9.83.